The summed E-state index contributed by atoms with van der Waals surface area (Å²) < 4.78 is 0. The van der Waals surface area contributed by atoms with E-state index < -0.39 is 0 Å². The number of nitrogens with zero attached hydrogens (tertiary/aromatic N) is 1. The number of anilines is 1. The van der Waals surface area contributed by atoms with Crippen LogP contribution in [0.2, 0.25) is 0 Å². The number of benzene rings is 1. The van der Waals surface area contributed by atoms with Gasteiger partial charge in [-0.15, -0.1) is 24.0 Å². The number of aliphatic hydroxyl groups excluding tert-OH is 1. The highest BCUT2D eigenvalue weighted by Gasteiger charge is 2.12. The molecule has 0 atom stereocenters. The number of halogens is 1. The number of guanidine groups is 1. The van der Waals surface area contributed by atoms with E-state index in [1.165, 1.54) is 24.0 Å². The second-order valence-electron chi connectivity index (χ2n) is 4.27. The molecule has 0 unspecified atom stereocenters. The molecule has 0 spiro atoms. The van der Waals surface area contributed by atoms with Gasteiger partial charge in [0.15, 0.2) is 5.96 Å². The molecule has 5 heteroatoms. The minimum absolute atomic E-state index is 0. The lowest BCUT2D eigenvalue weighted by Crippen LogP contribution is -2.24. The smallest absolute Gasteiger partial charge is 0.193 e. The summed E-state index contributed by atoms with van der Waals surface area (Å²) in [6.45, 7) is 0.364. The van der Waals surface area contributed by atoms with Crippen molar-refractivity contribution in [1.82, 2.24) is 0 Å². The first-order chi connectivity index (χ1) is 8.31. The molecule has 4 N–H and O–H groups in total. The number of aliphatic imine (C=N–C) groups is 1. The maximum atomic E-state index is 8.68. The predicted molar refractivity (Wildman–Crippen MR) is 85.7 cm³/mol. The first-order valence-electron chi connectivity index (χ1n) is 6.10. The minimum Gasteiger partial charge on any atom is -0.394 e. The molecule has 4 nitrogen and oxygen atoms in total. The van der Waals surface area contributed by atoms with Gasteiger partial charge in [-0.3, -0.25) is 4.99 Å². The quantitative estimate of drug-likeness (QED) is 0.438. The summed E-state index contributed by atoms with van der Waals surface area (Å²) in [6, 6.07) is 6.26. The number of fused-ring (bicyclic) bond motifs is 1. The van der Waals surface area contributed by atoms with Crippen LogP contribution in [0, 0.1) is 0 Å². The number of aryl methyl sites for hydroxylation is 1. The van der Waals surface area contributed by atoms with E-state index in [4.69, 9.17) is 10.8 Å². The highest BCUT2D eigenvalue weighted by Crippen LogP contribution is 2.27. The zero-order valence-corrected chi connectivity index (χ0v) is 12.7. The van der Waals surface area contributed by atoms with Gasteiger partial charge in [0.05, 0.1) is 13.2 Å². The Bertz CT molecular complexity index is 421. The number of rotatable bonds is 3. The maximum absolute atomic E-state index is 8.68. The Balaban J connectivity index is 0.00000162. The summed E-state index contributed by atoms with van der Waals surface area (Å²) in [4.78, 5) is 4.02. The molecule has 2 rings (SSSR count). The van der Waals surface area contributed by atoms with Gasteiger partial charge in [0.2, 0.25) is 0 Å². The van der Waals surface area contributed by atoms with Crippen LogP contribution in [0.3, 0.4) is 0 Å². The predicted octanol–water partition coefficient (Wildman–Crippen LogP) is 1.90. The standard InChI is InChI=1S/C13H19N3O.HI/c14-13(15-8-9-17)16-12-7-3-5-10-4-1-2-6-11(10)12;/h3,5,7,17H,1-2,4,6,8-9H2,(H3,14,15,16);1H. The summed E-state index contributed by atoms with van der Waals surface area (Å²) in [7, 11) is 0. The third-order valence-electron chi connectivity index (χ3n) is 3.04. The third kappa shape index (κ3) is 3.84. The molecular weight excluding hydrogens is 341 g/mol. The Hall–Kier alpha value is -0.820. The van der Waals surface area contributed by atoms with E-state index >= 15 is 0 Å². The molecule has 1 aliphatic carbocycles. The molecule has 1 aliphatic rings. The molecule has 1 aromatic rings. The average molecular weight is 361 g/mol. The van der Waals surface area contributed by atoms with Gasteiger partial charge in [0.1, 0.15) is 0 Å². The van der Waals surface area contributed by atoms with E-state index in [0.717, 1.165) is 18.5 Å². The van der Waals surface area contributed by atoms with E-state index in [0.29, 0.717) is 12.5 Å². The van der Waals surface area contributed by atoms with Crippen molar-refractivity contribution < 1.29 is 5.11 Å². The van der Waals surface area contributed by atoms with Crippen LogP contribution in [0.4, 0.5) is 5.69 Å². The Kier molecular flexibility index (Phi) is 6.42. The third-order valence-corrected chi connectivity index (χ3v) is 3.04. The van der Waals surface area contributed by atoms with Crippen molar-refractivity contribution in [3.63, 3.8) is 0 Å². The number of hydrogen-bond acceptors (Lipinski definition) is 2. The Labute approximate surface area is 125 Å². The van der Waals surface area contributed by atoms with Crippen LogP contribution in [0.1, 0.15) is 24.0 Å². The zero-order valence-electron chi connectivity index (χ0n) is 10.4. The number of nitrogens with one attached hydrogen (secondary N) is 1. The molecule has 0 fully saturated rings. The lowest BCUT2D eigenvalue weighted by atomic mass is 9.90. The lowest BCUT2D eigenvalue weighted by molar-refractivity contribution is 0.307. The van der Waals surface area contributed by atoms with E-state index in [-0.39, 0.29) is 30.6 Å². The summed E-state index contributed by atoms with van der Waals surface area (Å²) in [5.41, 5.74) is 9.58. The SMILES string of the molecule is I.NC(=NCCO)Nc1cccc2c1CCCC2. The maximum Gasteiger partial charge on any atom is 0.193 e. The van der Waals surface area contributed by atoms with Gasteiger partial charge >= 0.3 is 0 Å². The van der Waals surface area contributed by atoms with E-state index in [2.05, 4.69) is 16.4 Å². The zero-order chi connectivity index (χ0) is 12.1. The van der Waals surface area contributed by atoms with Gasteiger partial charge in [-0.25, -0.2) is 0 Å². The highest BCUT2D eigenvalue weighted by molar-refractivity contribution is 14.0. The topological polar surface area (TPSA) is 70.6 Å². The fraction of sp³-hybridized carbons (Fsp3) is 0.462. The van der Waals surface area contributed by atoms with E-state index in [1.54, 1.807) is 0 Å². The molecule has 1 aromatic carbocycles. The van der Waals surface area contributed by atoms with Gasteiger partial charge in [0.25, 0.3) is 0 Å². The Morgan fingerprint density at radius 3 is 2.89 bits per heavy atom. The summed E-state index contributed by atoms with van der Waals surface area (Å²) in [5.74, 6) is 0.373. The van der Waals surface area contributed by atoms with Gasteiger partial charge in [-0.2, -0.15) is 0 Å². The molecule has 0 radical (unpaired) electrons. The lowest BCUT2D eigenvalue weighted by Gasteiger charge is -2.19. The van der Waals surface area contributed by atoms with E-state index in [9.17, 15) is 0 Å². The highest BCUT2D eigenvalue weighted by atomic mass is 127. The van der Waals surface area contributed by atoms with Crippen LogP contribution in [-0.2, 0) is 12.8 Å². The van der Waals surface area contributed by atoms with Gasteiger partial charge in [-0.05, 0) is 42.9 Å². The minimum atomic E-state index is 0. The second-order valence-corrected chi connectivity index (χ2v) is 4.27. The van der Waals surface area contributed by atoms with Crippen molar-refractivity contribution >= 4 is 35.6 Å². The second kappa shape index (κ2) is 7.58. The first kappa shape index (κ1) is 15.2. The Morgan fingerprint density at radius 1 is 1.33 bits per heavy atom. The molecule has 0 aliphatic heterocycles. The molecule has 0 heterocycles. The van der Waals surface area contributed by atoms with Crippen molar-refractivity contribution in [2.75, 3.05) is 18.5 Å². The van der Waals surface area contributed by atoms with Crippen molar-refractivity contribution in [2.45, 2.75) is 25.7 Å². The van der Waals surface area contributed by atoms with Gasteiger partial charge in [0, 0.05) is 5.69 Å². The molecule has 0 bridgehead atoms. The monoisotopic (exact) mass is 361 g/mol. The van der Waals surface area contributed by atoms with Crippen LogP contribution in [-0.4, -0.2) is 24.2 Å². The number of aliphatic hydroxyl groups is 1. The molecular formula is C13H20IN3O. The molecule has 18 heavy (non-hydrogen) atoms. The molecule has 0 aromatic heterocycles. The summed E-state index contributed by atoms with van der Waals surface area (Å²) in [6.07, 6.45) is 4.76. The van der Waals surface area contributed by atoms with Gasteiger partial charge < -0.3 is 16.2 Å². The van der Waals surface area contributed by atoms with Crippen molar-refractivity contribution in [1.29, 1.82) is 0 Å². The van der Waals surface area contributed by atoms with Crippen LogP contribution in [0.5, 0.6) is 0 Å². The Morgan fingerprint density at radius 2 is 2.11 bits per heavy atom. The van der Waals surface area contributed by atoms with Crippen molar-refractivity contribution in [3.8, 4) is 0 Å². The molecule has 0 saturated carbocycles. The largest absolute Gasteiger partial charge is 0.394 e. The fourth-order valence-electron chi connectivity index (χ4n) is 2.25. The van der Waals surface area contributed by atoms with Crippen LogP contribution in [0.25, 0.3) is 0 Å². The summed E-state index contributed by atoms with van der Waals surface area (Å²) >= 11 is 0. The van der Waals surface area contributed by atoms with Crippen LogP contribution in [0.15, 0.2) is 23.2 Å². The van der Waals surface area contributed by atoms with Crippen molar-refractivity contribution in [3.05, 3.63) is 29.3 Å². The first-order valence-corrected chi connectivity index (χ1v) is 6.10. The number of hydrogen-bond donors (Lipinski definition) is 3. The summed E-state index contributed by atoms with van der Waals surface area (Å²) in [5, 5.41) is 11.8. The molecule has 100 valence electrons. The van der Waals surface area contributed by atoms with E-state index in [1.807, 2.05) is 12.1 Å². The number of nitrogens with two attached hydrogens (primary N) is 1. The normalized spacial score (nSPS) is 14.6. The van der Waals surface area contributed by atoms with Gasteiger partial charge in [-0.1, -0.05) is 12.1 Å². The molecule has 0 saturated heterocycles. The van der Waals surface area contributed by atoms with Crippen LogP contribution < -0.4 is 11.1 Å². The molecule has 0 amide bonds. The average Bonchev–Trinajstić information content (AvgIpc) is 2.37. The van der Waals surface area contributed by atoms with Crippen molar-refractivity contribution in [2.24, 2.45) is 10.7 Å². The van der Waals surface area contributed by atoms with Crippen LogP contribution >= 0.6 is 24.0 Å². The fourth-order valence-corrected chi connectivity index (χ4v) is 2.25.